The summed E-state index contributed by atoms with van der Waals surface area (Å²) in [6.07, 6.45) is 3.67. The van der Waals surface area contributed by atoms with Gasteiger partial charge in [-0.25, -0.2) is 0 Å². The van der Waals surface area contributed by atoms with Crippen molar-refractivity contribution in [3.05, 3.63) is 71.8 Å². The van der Waals surface area contributed by atoms with Crippen molar-refractivity contribution >= 4 is 65.0 Å². The van der Waals surface area contributed by atoms with Crippen molar-refractivity contribution in [2.75, 3.05) is 40.8 Å². The number of likely N-dealkylation sites (N-methyl/N-ethyl adjacent to an activating group) is 3. The van der Waals surface area contributed by atoms with Gasteiger partial charge in [-0.3, -0.25) is 52.7 Å². The van der Waals surface area contributed by atoms with Gasteiger partial charge in [0.2, 0.25) is 65.0 Å². The fourth-order valence-corrected chi connectivity index (χ4v) is 12.1. The number of piperidine rings is 1. The standard InChI is InChI=1S/C67H103N11O11/c1-15-43(9)56(67(89)77-32-24-19-25-33-77)73-59(81)51-31-26-34-78(51)65(87)50-39-54(79)68-45(11)58(80)69-49(36-41(5)6)64(86)76(14)57(44(10)16-2)62(84)72-55(42(7)8)66(88)75(13)53(38-47-29-22-18-23-30-47)61(83)70-48(35-40(3)4)63(85)74(12)52(60(82)71-50)37-46-27-20-17-21-28-46/h17-18,20-23,27-30,40-45,48-53,55-57H,15-16,19,24-26,31-39H2,1-14H3,(H,68,79)(H,69,80)(H,70,83)(H,71,82)(H,72,84)(H,73,81)/t43-,44-,45-,48-,49-,50-,51-,52-,53-,55-,56-,57-/m0/s1. The van der Waals surface area contributed by atoms with Crippen LogP contribution >= 0.6 is 0 Å². The van der Waals surface area contributed by atoms with Crippen molar-refractivity contribution < 1.29 is 52.7 Å². The minimum Gasteiger partial charge on any atom is -0.345 e. The van der Waals surface area contributed by atoms with Gasteiger partial charge in [0.05, 0.1) is 6.42 Å². The summed E-state index contributed by atoms with van der Waals surface area (Å²) in [4.78, 5) is 170. The number of hydrogen-bond acceptors (Lipinski definition) is 11. The van der Waals surface area contributed by atoms with Gasteiger partial charge in [-0.15, -0.1) is 0 Å². The first-order chi connectivity index (χ1) is 42.1. The number of amides is 11. The molecule has 12 atom stereocenters. The van der Waals surface area contributed by atoms with Crippen LogP contribution in [0.1, 0.15) is 151 Å². The van der Waals surface area contributed by atoms with E-state index in [2.05, 4.69) is 31.9 Å². The van der Waals surface area contributed by atoms with Gasteiger partial charge in [-0.05, 0) is 92.6 Å². The molecule has 0 spiro atoms. The van der Waals surface area contributed by atoms with Gasteiger partial charge in [0.15, 0.2) is 0 Å². The third-order valence-corrected chi connectivity index (χ3v) is 17.9. The molecule has 492 valence electrons. The number of likely N-dealkylation sites (tertiary alicyclic amines) is 2. The van der Waals surface area contributed by atoms with Gasteiger partial charge in [0.1, 0.15) is 60.4 Å². The first-order valence-electron chi connectivity index (χ1n) is 32.4. The lowest BCUT2D eigenvalue weighted by Crippen LogP contribution is -2.62. The molecule has 3 saturated heterocycles. The van der Waals surface area contributed by atoms with E-state index >= 15 is 24.0 Å². The molecule has 0 unspecified atom stereocenters. The number of hydrogen-bond donors (Lipinski definition) is 6. The minimum absolute atomic E-state index is 0.00283. The zero-order valence-corrected chi connectivity index (χ0v) is 55.3. The van der Waals surface area contributed by atoms with Crippen LogP contribution in [0.2, 0.25) is 0 Å². The number of nitrogens with one attached hydrogen (secondary N) is 6. The Hall–Kier alpha value is -7.39. The van der Waals surface area contributed by atoms with E-state index in [1.165, 1.54) is 47.7 Å². The maximum atomic E-state index is 15.4. The lowest BCUT2D eigenvalue weighted by Gasteiger charge is -2.37. The number of rotatable bonds is 17. The maximum absolute atomic E-state index is 15.4. The van der Waals surface area contributed by atoms with Crippen LogP contribution in [0.3, 0.4) is 0 Å². The van der Waals surface area contributed by atoms with Crippen molar-refractivity contribution in [2.45, 2.75) is 214 Å². The van der Waals surface area contributed by atoms with Gasteiger partial charge in [0.25, 0.3) is 0 Å². The quantitative estimate of drug-likeness (QED) is 0.131. The summed E-state index contributed by atoms with van der Waals surface area (Å²) in [5.74, 6) is -8.85. The normalized spacial score (nSPS) is 25.8. The minimum atomic E-state index is -1.69. The highest BCUT2D eigenvalue weighted by Crippen LogP contribution is 2.25. The molecule has 2 aromatic carbocycles. The number of nitrogens with zero attached hydrogens (tertiary/aromatic N) is 5. The summed E-state index contributed by atoms with van der Waals surface area (Å²) in [6, 6.07) is 5.41. The molecule has 22 nitrogen and oxygen atoms in total. The van der Waals surface area contributed by atoms with Crippen molar-refractivity contribution in [3.63, 3.8) is 0 Å². The Morgan fingerprint density at radius 2 is 1.08 bits per heavy atom. The van der Waals surface area contributed by atoms with Crippen molar-refractivity contribution in [1.82, 2.24) is 56.4 Å². The van der Waals surface area contributed by atoms with Crippen LogP contribution in [-0.4, -0.2) is 191 Å². The predicted octanol–water partition coefficient (Wildman–Crippen LogP) is 4.13. The predicted molar refractivity (Wildman–Crippen MR) is 340 cm³/mol. The Bertz CT molecular complexity index is 2760. The summed E-state index contributed by atoms with van der Waals surface area (Å²) in [5, 5.41) is 17.1. The highest BCUT2D eigenvalue weighted by Gasteiger charge is 2.45. The molecule has 3 heterocycles. The van der Waals surface area contributed by atoms with Crippen molar-refractivity contribution in [3.8, 4) is 0 Å². The van der Waals surface area contributed by atoms with Crippen LogP contribution < -0.4 is 31.9 Å². The van der Waals surface area contributed by atoms with Gasteiger partial charge in [0, 0.05) is 53.6 Å². The molecule has 89 heavy (non-hydrogen) atoms. The summed E-state index contributed by atoms with van der Waals surface area (Å²) >= 11 is 0. The molecule has 5 rings (SSSR count). The van der Waals surface area contributed by atoms with Crippen LogP contribution in [0.5, 0.6) is 0 Å². The number of carbonyl (C=O) groups excluding carboxylic acids is 11. The monoisotopic (exact) mass is 1240 g/mol. The largest absolute Gasteiger partial charge is 0.345 e. The summed E-state index contributed by atoms with van der Waals surface area (Å²) in [7, 11) is 4.34. The zero-order valence-electron chi connectivity index (χ0n) is 55.3. The van der Waals surface area contributed by atoms with Crippen molar-refractivity contribution in [1.29, 1.82) is 0 Å². The van der Waals surface area contributed by atoms with E-state index < -0.39 is 138 Å². The molecule has 0 aliphatic carbocycles. The summed E-state index contributed by atoms with van der Waals surface area (Å²) in [5.41, 5.74) is 1.31. The second-order valence-electron chi connectivity index (χ2n) is 26.2. The molecule has 0 radical (unpaired) electrons. The van der Waals surface area contributed by atoms with Gasteiger partial charge < -0.3 is 56.4 Å². The Morgan fingerprint density at radius 3 is 1.58 bits per heavy atom. The fourth-order valence-electron chi connectivity index (χ4n) is 12.1. The highest BCUT2D eigenvalue weighted by molar-refractivity contribution is 6.01. The second kappa shape index (κ2) is 34.0. The topological polar surface area (TPSA) is 276 Å². The van der Waals surface area contributed by atoms with Crippen LogP contribution in [0, 0.1) is 29.6 Å². The van der Waals surface area contributed by atoms with Gasteiger partial charge in [-0.2, -0.15) is 0 Å². The first-order valence-corrected chi connectivity index (χ1v) is 32.4. The van der Waals surface area contributed by atoms with E-state index in [1.807, 2.05) is 54.5 Å². The second-order valence-corrected chi connectivity index (χ2v) is 26.2. The fraction of sp³-hybridized carbons (Fsp3) is 0.657. The van der Waals surface area contributed by atoms with Crippen LogP contribution in [0.15, 0.2) is 60.7 Å². The molecule has 0 bridgehead atoms. The Morgan fingerprint density at radius 1 is 0.573 bits per heavy atom. The molecule has 3 aliphatic rings. The Kier molecular flexibility index (Phi) is 27.6. The molecule has 0 saturated carbocycles. The molecule has 3 aliphatic heterocycles. The molecule has 6 N–H and O–H groups in total. The van der Waals surface area contributed by atoms with E-state index in [1.54, 1.807) is 80.3 Å². The third-order valence-electron chi connectivity index (χ3n) is 17.9. The zero-order chi connectivity index (χ0) is 66.0. The van der Waals surface area contributed by atoms with E-state index in [9.17, 15) is 28.8 Å². The number of benzene rings is 2. The number of carbonyl (C=O) groups is 11. The van der Waals surface area contributed by atoms with E-state index in [0.29, 0.717) is 43.5 Å². The smallest absolute Gasteiger partial charge is 0.246 e. The molecule has 0 aromatic heterocycles. The van der Waals surface area contributed by atoms with Gasteiger partial charge >= 0.3 is 0 Å². The summed E-state index contributed by atoms with van der Waals surface area (Å²) in [6.45, 7) is 21.0. The molecule has 11 amide bonds. The molecule has 2 aromatic rings. The van der Waals surface area contributed by atoms with Crippen molar-refractivity contribution in [2.24, 2.45) is 29.6 Å². The molecule has 3 fully saturated rings. The Balaban J connectivity index is 1.65. The Labute approximate surface area is 527 Å². The lowest BCUT2D eigenvalue weighted by molar-refractivity contribution is -0.147. The lowest BCUT2D eigenvalue weighted by atomic mass is 9.93. The highest BCUT2D eigenvalue weighted by atomic mass is 16.2. The van der Waals surface area contributed by atoms with E-state index in [4.69, 9.17) is 0 Å². The summed E-state index contributed by atoms with van der Waals surface area (Å²) < 4.78 is 0. The van der Waals surface area contributed by atoms with Crippen LogP contribution in [-0.2, 0) is 65.6 Å². The van der Waals surface area contributed by atoms with Crippen LogP contribution in [0.4, 0.5) is 0 Å². The SMILES string of the molecule is CC[C@H](C)[C@H](NC(=O)[C@@H]1CCCN1C(=O)[C@@H]1CC(=O)N[C@@H](C)C(=O)N[C@@H](CC(C)C)C(=O)N(C)[C@@H]([C@@H](C)CC)C(=O)N[C@@H](C(C)C)C(=O)N(C)[C@@H](Cc2ccccc2)C(=O)N[C@@H](CC(C)C)C(=O)N(C)[C@@H](Cc2ccccc2)C(=O)N1)C(=O)N1CCCCC1. The van der Waals surface area contributed by atoms with E-state index in [-0.39, 0.29) is 62.3 Å². The molecule has 22 heteroatoms. The van der Waals surface area contributed by atoms with Crippen LogP contribution in [0.25, 0.3) is 0 Å². The maximum Gasteiger partial charge on any atom is 0.246 e. The average Bonchev–Trinajstić information content (AvgIpc) is 2.13. The first kappa shape index (κ1) is 72.4. The molecular formula is C67H103N11O11. The van der Waals surface area contributed by atoms with E-state index in [0.717, 1.165) is 19.3 Å². The average molecular weight is 1240 g/mol. The van der Waals surface area contributed by atoms with Gasteiger partial charge in [-0.1, -0.05) is 143 Å². The third kappa shape index (κ3) is 19.8. The molecular weight excluding hydrogens is 1130 g/mol.